The summed E-state index contributed by atoms with van der Waals surface area (Å²) in [6.45, 7) is 0. The number of nitro groups is 1. The monoisotopic (exact) mass is 469 g/mol. The van der Waals surface area contributed by atoms with Crippen molar-refractivity contribution in [3.8, 4) is 5.75 Å². The van der Waals surface area contributed by atoms with Crippen molar-refractivity contribution in [2.45, 2.75) is 31.2 Å². The Morgan fingerprint density at radius 3 is 2.63 bits per heavy atom. The van der Waals surface area contributed by atoms with Crippen molar-refractivity contribution >= 4 is 23.0 Å². The number of carbonyl (C=O) groups excluding carboxylic acids is 1. The Balaban J connectivity index is 1.33. The Hall–Kier alpha value is -3.87. The van der Waals surface area contributed by atoms with Gasteiger partial charge < -0.3 is 15.4 Å². The molecular formula is C28H27N3O4. The Kier molecular flexibility index (Phi) is 5.20. The van der Waals surface area contributed by atoms with Crippen LogP contribution in [0.5, 0.6) is 5.75 Å². The number of hydrogen-bond donors (Lipinski definition) is 2. The molecular weight excluding hydrogens is 442 g/mol. The van der Waals surface area contributed by atoms with Crippen LogP contribution in [0.4, 0.5) is 17.1 Å². The Bertz CT molecular complexity index is 1310. The molecule has 0 spiro atoms. The van der Waals surface area contributed by atoms with E-state index in [1.54, 1.807) is 0 Å². The second-order valence-electron chi connectivity index (χ2n) is 9.87. The topological polar surface area (TPSA) is 93.5 Å². The highest BCUT2D eigenvalue weighted by Gasteiger charge is 2.53. The Labute approximate surface area is 203 Å². The molecule has 35 heavy (non-hydrogen) atoms. The first-order valence-electron chi connectivity index (χ1n) is 12.1. The first-order chi connectivity index (χ1) is 17.0. The summed E-state index contributed by atoms with van der Waals surface area (Å²) in [5.74, 6) is 2.35. The molecule has 7 heteroatoms. The first-order valence-corrected chi connectivity index (χ1v) is 12.1. The number of non-ortho nitro benzene ring substituents is 1. The van der Waals surface area contributed by atoms with Crippen LogP contribution in [0.2, 0.25) is 0 Å². The first kappa shape index (κ1) is 21.6. The molecule has 6 rings (SSSR count). The second-order valence-corrected chi connectivity index (χ2v) is 9.87. The molecule has 178 valence electrons. The number of fused-ring (bicyclic) bond motifs is 7. The van der Waals surface area contributed by atoms with Gasteiger partial charge in [0.2, 0.25) is 0 Å². The summed E-state index contributed by atoms with van der Waals surface area (Å²) in [6, 6.07) is 21.0. The van der Waals surface area contributed by atoms with Gasteiger partial charge in [-0.3, -0.25) is 14.9 Å². The van der Waals surface area contributed by atoms with Crippen molar-refractivity contribution in [3.05, 3.63) is 93.5 Å². The van der Waals surface area contributed by atoms with Gasteiger partial charge in [-0.1, -0.05) is 30.3 Å². The molecule has 1 amide bonds. The number of methoxy groups -OCH3 is 1. The van der Waals surface area contributed by atoms with Crippen LogP contribution in [0.3, 0.4) is 0 Å². The van der Waals surface area contributed by atoms with E-state index >= 15 is 0 Å². The fourth-order valence-corrected chi connectivity index (χ4v) is 6.72. The Morgan fingerprint density at radius 1 is 1.06 bits per heavy atom. The molecule has 2 saturated carbocycles. The average Bonchev–Trinajstić information content (AvgIpc) is 3.51. The zero-order valence-electron chi connectivity index (χ0n) is 19.4. The summed E-state index contributed by atoms with van der Waals surface area (Å²) in [5.41, 5.74) is 4.35. The summed E-state index contributed by atoms with van der Waals surface area (Å²) in [5, 5.41) is 17.8. The van der Waals surface area contributed by atoms with Gasteiger partial charge in [-0.15, -0.1) is 0 Å². The Morgan fingerprint density at radius 2 is 1.86 bits per heavy atom. The van der Waals surface area contributed by atoms with E-state index in [0.717, 1.165) is 5.69 Å². The highest BCUT2D eigenvalue weighted by Crippen LogP contribution is 2.63. The van der Waals surface area contributed by atoms with Gasteiger partial charge >= 0.3 is 0 Å². The number of benzene rings is 3. The minimum absolute atomic E-state index is 0.104. The summed E-state index contributed by atoms with van der Waals surface area (Å²) < 4.78 is 5.30. The predicted molar refractivity (Wildman–Crippen MR) is 134 cm³/mol. The van der Waals surface area contributed by atoms with E-state index in [2.05, 4.69) is 41.0 Å². The molecule has 3 aromatic carbocycles. The third-order valence-corrected chi connectivity index (χ3v) is 8.15. The maximum absolute atomic E-state index is 13.2. The van der Waals surface area contributed by atoms with Crippen LogP contribution in [0, 0.1) is 27.9 Å². The molecule has 0 radical (unpaired) electrons. The quantitative estimate of drug-likeness (QED) is 0.345. The van der Waals surface area contributed by atoms with E-state index in [-0.39, 0.29) is 23.3 Å². The molecule has 0 unspecified atom stereocenters. The molecule has 0 saturated heterocycles. The number of hydrogen-bond acceptors (Lipinski definition) is 5. The summed E-state index contributed by atoms with van der Waals surface area (Å²) in [4.78, 5) is 24.0. The van der Waals surface area contributed by atoms with E-state index in [4.69, 9.17) is 4.74 Å². The smallest absolute Gasteiger partial charge is 0.271 e. The van der Waals surface area contributed by atoms with Crippen molar-refractivity contribution in [1.82, 2.24) is 0 Å². The minimum atomic E-state index is -0.488. The molecule has 2 aliphatic carbocycles. The van der Waals surface area contributed by atoms with Gasteiger partial charge in [0.25, 0.3) is 11.6 Å². The highest BCUT2D eigenvalue weighted by molar-refractivity contribution is 6.05. The number of nitrogens with one attached hydrogen (secondary N) is 2. The van der Waals surface area contributed by atoms with Gasteiger partial charge in [0.1, 0.15) is 5.75 Å². The lowest BCUT2D eigenvalue weighted by atomic mass is 9.68. The summed E-state index contributed by atoms with van der Waals surface area (Å²) in [7, 11) is 1.47. The van der Waals surface area contributed by atoms with E-state index in [1.807, 2.05) is 18.2 Å². The molecule has 2 N–H and O–H groups in total. The molecule has 1 aliphatic heterocycles. The summed E-state index contributed by atoms with van der Waals surface area (Å²) >= 11 is 0. The number of nitro benzene ring substituents is 1. The van der Waals surface area contributed by atoms with Gasteiger partial charge in [0.15, 0.2) is 0 Å². The molecule has 2 fully saturated rings. The van der Waals surface area contributed by atoms with Crippen LogP contribution in [0.15, 0.2) is 66.7 Å². The second kappa shape index (κ2) is 8.41. The van der Waals surface area contributed by atoms with Crippen LogP contribution < -0.4 is 15.4 Å². The number of amides is 1. The average molecular weight is 470 g/mol. The number of nitrogens with zero attached hydrogens (tertiary/aromatic N) is 1. The molecule has 3 aromatic rings. The lowest BCUT2D eigenvalue weighted by molar-refractivity contribution is -0.384. The van der Waals surface area contributed by atoms with E-state index in [1.165, 1.54) is 55.7 Å². The number of rotatable bonds is 5. The SMILES string of the molecule is COc1ccc([N+](=O)[O-])cc1NC(=O)c1ccc2c(c1)[C@H]1[C@H]3CC[C@@H](C3)[C@@H]1[C@H](c1ccccc1)N2. The van der Waals surface area contributed by atoms with Crippen LogP contribution in [0.1, 0.15) is 52.7 Å². The van der Waals surface area contributed by atoms with Crippen molar-refractivity contribution < 1.29 is 14.5 Å². The maximum atomic E-state index is 13.2. The van der Waals surface area contributed by atoms with Gasteiger partial charge in [-0.2, -0.15) is 0 Å². The van der Waals surface area contributed by atoms with Crippen molar-refractivity contribution in [2.24, 2.45) is 17.8 Å². The van der Waals surface area contributed by atoms with Crippen molar-refractivity contribution in [3.63, 3.8) is 0 Å². The largest absolute Gasteiger partial charge is 0.495 e. The normalized spacial score (nSPS) is 25.8. The number of carbonyl (C=O) groups is 1. The van der Waals surface area contributed by atoms with Crippen LogP contribution in [-0.4, -0.2) is 17.9 Å². The summed E-state index contributed by atoms with van der Waals surface area (Å²) in [6.07, 6.45) is 3.77. The standard InChI is InChI=1S/C28H27N3O4/c1-35-24-12-10-20(31(33)34)15-23(24)30-28(32)19-9-11-22-21(14-19)25-17-7-8-18(13-17)26(25)27(29-22)16-5-3-2-4-6-16/h2-6,9-12,14-15,17-18,25-27,29H,7-8,13H2,1H3,(H,30,32)/t17-,18-,25+,26-,27-/m0/s1. The molecule has 2 bridgehead atoms. The molecule has 1 heterocycles. The van der Waals surface area contributed by atoms with E-state index in [0.29, 0.717) is 35.0 Å². The van der Waals surface area contributed by atoms with Gasteiger partial charge in [0, 0.05) is 23.4 Å². The zero-order chi connectivity index (χ0) is 24.1. The number of anilines is 2. The zero-order valence-corrected chi connectivity index (χ0v) is 19.4. The molecule has 3 aliphatic rings. The van der Waals surface area contributed by atoms with Crippen LogP contribution in [0.25, 0.3) is 0 Å². The molecule has 5 atom stereocenters. The highest BCUT2D eigenvalue weighted by atomic mass is 16.6. The van der Waals surface area contributed by atoms with Crippen LogP contribution >= 0.6 is 0 Å². The van der Waals surface area contributed by atoms with Gasteiger partial charge in [0.05, 0.1) is 23.8 Å². The molecule has 7 nitrogen and oxygen atoms in total. The third-order valence-electron chi connectivity index (χ3n) is 8.15. The lowest BCUT2D eigenvalue weighted by Crippen LogP contribution is -2.35. The predicted octanol–water partition coefficient (Wildman–Crippen LogP) is 6.15. The lowest BCUT2D eigenvalue weighted by Gasteiger charge is -2.43. The minimum Gasteiger partial charge on any atom is -0.495 e. The fourth-order valence-electron chi connectivity index (χ4n) is 6.72. The van der Waals surface area contributed by atoms with Gasteiger partial charge in [-0.05, 0) is 78.3 Å². The van der Waals surface area contributed by atoms with Crippen molar-refractivity contribution in [1.29, 1.82) is 0 Å². The van der Waals surface area contributed by atoms with E-state index in [9.17, 15) is 14.9 Å². The molecule has 0 aromatic heterocycles. The maximum Gasteiger partial charge on any atom is 0.271 e. The number of ether oxygens (including phenoxy) is 1. The van der Waals surface area contributed by atoms with Gasteiger partial charge in [-0.25, -0.2) is 0 Å². The third kappa shape index (κ3) is 3.62. The van der Waals surface area contributed by atoms with Crippen LogP contribution in [-0.2, 0) is 0 Å². The fraction of sp³-hybridized carbons (Fsp3) is 0.321. The van der Waals surface area contributed by atoms with E-state index < -0.39 is 4.92 Å². The van der Waals surface area contributed by atoms with Crippen molar-refractivity contribution in [2.75, 3.05) is 17.7 Å².